The Balaban J connectivity index is 0.914. The van der Waals surface area contributed by atoms with Gasteiger partial charge >= 0.3 is 0 Å². The third kappa shape index (κ3) is 6.26. The summed E-state index contributed by atoms with van der Waals surface area (Å²) in [5.41, 5.74) is 14.6. The van der Waals surface area contributed by atoms with Crippen molar-refractivity contribution in [2.75, 3.05) is 4.90 Å². The van der Waals surface area contributed by atoms with Crippen LogP contribution in [0.15, 0.2) is 229 Å². The van der Waals surface area contributed by atoms with Crippen LogP contribution in [0.5, 0.6) is 0 Å². The SMILES string of the molecule is c1cc(-c2ccc(N(c3ccc(-c4ccc5c(c4)sc4ccccc45)cc3)c3ccc(-c4cccc5oc6ccccc6c45)cc3)cc2)cc(-c2ccc3ccccc3c2)c1. The van der Waals surface area contributed by atoms with E-state index in [-0.39, 0.29) is 0 Å². The molecule has 10 aromatic carbocycles. The predicted molar refractivity (Wildman–Crippen MR) is 261 cm³/mol. The minimum Gasteiger partial charge on any atom is -0.456 e. The van der Waals surface area contributed by atoms with Gasteiger partial charge < -0.3 is 9.32 Å². The highest BCUT2D eigenvalue weighted by Crippen LogP contribution is 2.42. The highest BCUT2D eigenvalue weighted by atomic mass is 32.1. The molecule has 0 amide bonds. The Morgan fingerprint density at radius 2 is 0.836 bits per heavy atom. The van der Waals surface area contributed by atoms with Crippen molar-refractivity contribution in [1.29, 1.82) is 0 Å². The predicted octanol–water partition coefficient (Wildman–Crippen LogP) is 17.2. The van der Waals surface area contributed by atoms with Crippen molar-refractivity contribution in [3.05, 3.63) is 224 Å². The maximum Gasteiger partial charge on any atom is 0.136 e. The third-order valence-electron chi connectivity index (χ3n) is 12.1. The van der Waals surface area contributed by atoms with Crippen LogP contribution in [-0.2, 0) is 0 Å². The Bertz CT molecular complexity index is 3580. The van der Waals surface area contributed by atoms with Gasteiger partial charge in [0.05, 0.1) is 0 Å². The van der Waals surface area contributed by atoms with E-state index in [1.54, 1.807) is 0 Å². The van der Waals surface area contributed by atoms with Gasteiger partial charge in [0.15, 0.2) is 0 Å². The number of benzene rings is 10. The number of furan rings is 1. The van der Waals surface area contributed by atoms with Crippen molar-refractivity contribution in [2.24, 2.45) is 0 Å². The minimum atomic E-state index is 0.902. The maximum absolute atomic E-state index is 6.25. The van der Waals surface area contributed by atoms with E-state index in [0.717, 1.165) is 50.1 Å². The Morgan fingerprint density at radius 1 is 0.311 bits per heavy atom. The van der Waals surface area contributed by atoms with Crippen molar-refractivity contribution < 1.29 is 4.42 Å². The van der Waals surface area contributed by atoms with Crippen molar-refractivity contribution in [3.63, 3.8) is 0 Å². The van der Waals surface area contributed by atoms with Gasteiger partial charge in [-0.1, -0.05) is 152 Å². The zero-order valence-electron chi connectivity index (χ0n) is 33.1. The highest BCUT2D eigenvalue weighted by Gasteiger charge is 2.17. The lowest BCUT2D eigenvalue weighted by molar-refractivity contribution is 0.669. The van der Waals surface area contributed by atoms with Crippen LogP contribution in [0.25, 0.3) is 97.4 Å². The first-order chi connectivity index (χ1) is 30.2. The first-order valence-corrected chi connectivity index (χ1v) is 21.5. The van der Waals surface area contributed by atoms with Gasteiger partial charge in [-0.25, -0.2) is 0 Å². The Labute approximate surface area is 357 Å². The van der Waals surface area contributed by atoms with E-state index in [4.69, 9.17) is 4.42 Å². The molecule has 0 aliphatic rings. The van der Waals surface area contributed by atoms with Crippen molar-refractivity contribution in [2.45, 2.75) is 0 Å². The molecule has 0 fully saturated rings. The molecule has 0 aliphatic carbocycles. The molecule has 2 heterocycles. The van der Waals surface area contributed by atoms with E-state index >= 15 is 0 Å². The van der Waals surface area contributed by atoms with Gasteiger partial charge in [-0.05, 0) is 128 Å². The Hall–Kier alpha value is -7.72. The van der Waals surface area contributed by atoms with Gasteiger partial charge in [0.1, 0.15) is 11.2 Å². The molecule has 12 aromatic rings. The fourth-order valence-electron chi connectivity index (χ4n) is 9.01. The number of para-hydroxylation sites is 1. The molecule has 0 atom stereocenters. The standard InChI is InChI=1S/C58H37NOS/c1-2-10-42-36-45(20-19-38(42)9-1)44-12-7-11-43(35-44)39-21-28-47(29-22-39)59(48-30-23-40(24-31-48)46-27-34-52-51-13-4-6-18-56(51)61-57(52)37-46)49-32-25-41(26-33-49)50-15-8-17-55-58(50)53-14-3-5-16-54(53)60-55/h1-37H. The number of hydrogen-bond donors (Lipinski definition) is 0. The van der Waals surface area contributed by atoms with E-state index in [1.165, 1.54) is 64.3 Å². The maximum atomic E-state index is 6.25. The van der Waals surface area contributed by atoms with Gasteiger partial charge in [0.25, 0.3) is 0 Å². The molecule has 12 rings (SSSR count). The second kappa shape index (κ2) is 14.5. The molecule has 61 heavy (non-hydrogen) atoms. The molecule has 0 saturated heterocycles. The topological polar surface area (TPSA) is 16.4 Å². The van der Waals surface area contributed by atoms with Gasteiger partial charge in [0, 0.05) is 48.0 Å². The summed E-state index contributed by atoms with van der Waals surface area (Å²) in [7, 11) is 0. The molecule has 0 N–H and O–H groups in total. The summed E-state index contributed by atoms with van der Waals surface area (Å²) in [6.45, 7) is 0. The van der Waals surface area contributed by atoms with Gasteiger partial charge in [-0.15, -0.1) is 11.3 Å². The number of nitrogens with zero attached hydrogens (tertiary/aromatic N) is 1. The highest BCUT2D eigenvalue weighted by molar-refractivity contribution is 7.25. The molecule has 0 aliphatic heterocycles. The van der Waals surface area contributed by atoms with Crippen LogP contribution >= 0.6 is 11.3 Å². The Morgan fingerprint density at radius 3 is 1.59 bits per heavy atom. The average molecular weight is 796 g/mol. The zero-order valence-corrected chi connectivity index (χ0v) is 33.9. The monoisotopic (exact) mass is 795 g/mol. The van der Waals surface area contributed by atoms with Gasteiger partial charge in [-0.2, -0.15) is 0 Å². The van der Waals surface area contributed by atoms with E-state index in [2.05, 4.69) is 217 Å². The van der Waals surface area contributed by atoms with Crippen LogP contribution in [0.4, 0.5) is 17.1 Å². The number of rotatable bonds is 7. The summed E-state index contributed by atoms with van der Waals surface area (Å²) < 4.78 is 8.88. The van der Waals surface area contributed by atoms with E-state index < -0.39 is 0 Å². The molecular weight excluding hydrogens is 759 g/mol. The largest absolute Gasteiger partial charge is 0.456 e. The van der Waals surface area contributed by atoms with Crippen LogP contribution in [0.3, 0.4) is 0 Å². The number of anilines is 3. The molecule has 2 aromatic heterocycles. The average Bonchev–Trinajstić information content (AvgIpc) is 3.91. The molecule has 0 unspecified atom stereocenters. The lowest BCUT2D eigenvalue weighted by atomic mass is 9.97. The second-order valence-corrected chi connectivity index (χ2v) is 16.8. The summed E-state index contributed by atoms with van der Waals surface area (Å²) in [6.07, 6.45) is 0. The summed E-state index contributed by atoms with van der Waals surface area (Å²) in [6, 6.07) is 81.2. The Kier molecular flexibility index (Phi) is 8.39. The first kappa shape index (κ1) is 35.2. The minimum absolute atomic E-state index is 0.902. The molecule has 0 radical (unpaired) electrons. The van der Waals surface area contributed by atoms with Crippen molar-refractivity contribution >= 4 is 81.3 Å². The zero-order chi connectivity index (χ0) is 40.3. The number of fused-ring (bicyclic) bond motifs is 7. The van der Waals surface area contributed by atoms with E-state index in [0.29, 0.717) is 0 Å². The summed E-state index contributed by atoms with van der Waals surface area (Å²) >= 11 is 1.86. The molecule has 2 nitrogen and oxygen atoms in total. The lowest BCUT2D eigenvalue weighted by Gasteiger charge is -2.26. The second-order valence-electron chi connectivity index (χ2n) is 15.7. The van der Waals surface area contributed by atoms with E-state index in [9.17, 15) is 0 Å². The number of thiophene rings is 1. The van der Waals surface area contributed by atoms with Crippen LogP contribution in [0, 0.1) is 0 Å². The molecule has 3 heteroatoms. The van der Waals surface area contributed by atoms with E-state index in [1.807, 2.05) is 23.5 Å². The number of hydrogen-bond acceptors (Lipinski definition) is 3. The molecule has 0 saturated carbocycles. The van der Waals surface area contributed by atoms with Crippen LogP contribution in [0.1, 0.15) is 0 Å². The normalized spacial score (nSPS) is 11.6. The molecule has 0 spiro atoms. The van der Waals surface area contributed by atoms with Gasteiger partial charge in [-0.3, -0.25) is 0 Å². The fraction of sp³-hybridized carbons (Fsp3) is 0. The van der Waals surface area contributed by atoms with Crippen LogP contribution in [0.2, 0.25) is 0 Å². The first-order valence-electron chi connectivity index (χ1n) is 20.7. The molecule has 286 valence electrons. The summed E-state index contributed by atoms with van der Waals surface area (Å²) in [5.74, 6) is 0. The lowest BCUT2D eigenvalue weighted by Crippen LogP contribution is -2.09. The molecule has 0 bridgehead atoms. The van der Waals surface area contributed by atoms with Crippen molar-refractivity contribution in [1.82, 2.24) is 0 Å². The quantitative estimate of drug-likeness (QED) is 0.160. The molecular formula is C58H37NOS. The van der Waals surface area contributed by atoms with Gasteiger partial charge in [0.2, 0.25) is 0 Å². The smallest absolute Gasteiger partial charge is 0.136 e. The fourth-order valence-corrected chi connectivity index (χ4v) is 10.2. The summed E-state index contributed by atoms with van der Waals surface area (Å²) in [5, 5.41) is 7.42. The third-order valence-corrected chi connectivity index (χ3v) is 13.2. The van der Waals surface area contributed by atoms with Crippen LogP contribution < -0.4 is 4.90 Å². The summed E-state index contributed by atoms with van der Waals surface area (Å²) in [4.78, 5) is 2.35. The van der Waals surface area contributed by atoms with Crippen LogP contribution in [-0.4, -0.2) is 0 Å². The van der Waals surface area contributed by atoms with Crippen molar-refractivity contribution in [3.8, 4) is 44.5 Å².